The second kappa shape index (κ2) is 4.97. The fourth-order valence-electron chi connectivity index (χ4n) is 1.78. The van der Waals surface area contributed by atoms with Crippen molar-refractivity contribution in [1.29, 1.82) is 5.26 Å². The zero-order chi connectivity index (χ0) is 12.4. The lowest BCUT2D eigenvalue weighted by Crippen LogP contribution is -2.19. The van der Waals surface area contributed by atoms with Gasteiger partial charge >= 0.3 is 0 Å². The van der Waals surface area contributed by atoms with Crippen molar-refractivity contribution in [1.82, 2.24) is 0 Å². The first kappa shape index (κ1) is 12.3. The minimum absolute atomic E-state index is 0.0422. The number of rotatable bonds is 4. The third-order valence-corrected chi connectivity index (χ3v) is 3.67. The van der Waals surface area contributed by atoms with Gasteiger partial charge in [0.25, 0.3) is 0 Å². The van der Waals surface area contributed by atoms with Crippen molar-refractivity contribution < 1.29 is 9.18 Å². The number of alkyl halides is 1. The molecule has 1 aromatic rings. The van der Waals surface area contributed by atoms with Crippen LogP contribution in [-0.4, -0.2) is 10.6 Å². The Balaban J connectivity index is 2.15. The maximum atomic E-state index is 13.4. The van der Waals surface area contributed by atoms with Gasteiger partial charge in [-0.05, 0) is 30.9 Å². The van der Waals surface area contributed by atoms with Gasteiger partial charge in [0.05, 0.1) is 10.4 Å². The molecule has 0 bridgehead atoms. The van der Waals surface area contributed by atoms with E-state index in [-0.39, 0.29) is 22.1 Å². The Morgan fingerprint density at radius 1 is 1.59 bits per heavy atom. The van der Waals surface area contributed by atoms with Gasteiger partial charge in [-0.25, -0.2) is 4.39 Å². The van der Waals surface area contributed by atoms with Gasteiger partial charge in [-0.15, -0.1) is 0 Å². The molecule has 0 spiro atoms. The molecule has 1 aromatic carbocycles. The second-order valence-corrected chi connectivity index (χ2v) is 5.34. The average Bonchev–Trinajstić information content (AvgIpc) is 3.12. The topological polar surface area (TPSA) is 40.9 Å². The lowest BCUT2D eigenvalue weighted by molar-refractivity contribution is -0.119. The van der Waals surface area contributed by atoms with Crippen molar-refractivity contribution in [3.63, 3.8) is 0 Å². The highest BCUT2D eigenvalue weighted by Crippen LogP contribution is 2.33. The number of hydrogen-bond acceptors (Lipinski definition) is 2. The van der Waals surface area contributed by atoms with Gasteiger partial charge in [0, 0.05) is 5.92 Å². The Bertz CT molecular complexity index is 491. The molecule has 2 rings (SSSR count). The predicted octanol–water partition coefficient (Wildman–Crippen LogP) is 2.98. The van der Waals surface area contributed by atoms with Crippen LogP contribution in [0, 0.1) is 23.1 Å². The third-order valence-electron chi connectivity index (χ3n) is 2.90. The van der Waals surface area contributed by atoms with E-state index in [4.69, 9.17) is 5.26 Å². The summed E-state index contributed by atoms with van der Waals surface area (Å²) in [4.78, 5) is 11.5. The van der Waals surface area contributed by atoms with Crippen LogP contribution >= 0.6 is 15.9 Å². The number of benzene rings is 1. The maximum absolute atomic E-state index is 13.4. The minimum Gasteiger partial charge on any atom is -0.298 e. The summed E-state index contributed by atoms with van der Waals surface area (Å²) in [6.07, 6.45) is 2.28. The number of carbonyl (C=O) groups excluding carboxylic acids is 1. The fraction of sp³-hybridized carbons (Fsp3) is 0.385. The van der Waals surface area contributed by atoms with Crippen LogP contribution in [0.1, 0.15) is 24.0 Å². The number of carbonyl (C=O) groups is 1. The highest BCUT2D eigenvalue weighted by molar-refractivity contribution is 9.10. The molecule has 1 aliphatic carbocycles. The van der Waals surface area contributed by atoms with Gasteiger partial charge in [0.15, 0.2) is 0 Å². The van der Waals surface area contributed by atoms with Gasteiger partial charge in [0.2, 0.25) is 0 Å². The van der Waals surface area contributed by atoms with Crippen molar-refractivity contribution in [2.45, 2.75) is 24.1 Å². The summed E-state index contributed by atoms with van der Waals surface area (Å²) in [5.74, 6) is -0.194. The summed E-state index contributed by atoms with van der Waals surface area (Å²) >= 11 is 3.33. The van der Waals surface area contributed by atoms with E-state index in [1.165, 1.54) is 6.07 Å². The lowest BCUT2D eigenvalue weighted by atomic mass is 10.0. The summed E-state index contributed by atoms with van der Waals surface area (Å²) in [5.41, 5.74) is 0.629. The summed E-state index contributed by atoms with van der Waals surface area (Å²) in [6.45, 7) is 0. The summed E-state index contributed by atoms with van der Waals surface area (Å²) < 4.78 is 13.4. The molecular weight excluding hydrogens is 285 g/mol. The number of hydrogen-bond donors (Lipinski definition) is 0. The van der Waals surface area contributed by atoms with E-state index in [0.717, 1.165) is 12.8 Å². The molecule has 1 atom stereocenters. The Hall–Kier alpha value is -1.21. The maximum Gasteiger partial charge on any atom is 0.149 e. The first-order valence-corrected chi connectivity index (χ1v) is 6.40. The van der Waals surface area contributed by atoms with Crippen LogP contribution < -0.4 is 0 Å². The molecule has 2 nitrogen and oxygen atoms in total. The van der Waals surface area contributed by atoms with Crippen LogP contribution in [0.15, 0.2) is 18.2 Å². The molecule has 1 saturated carbocycles. The van der Waals surface area contributed by atoms with Gasteiger partial charge in [0.1, 0.15) is 17.7 Å². The molecule has 0 radical (unpaired) electrons. The molecule has 0 N–H and O–H groups in total. The normalized spacial score (nSPS) is 16.3. The summed E-state index contributed by atoms with van der Waals surface area (Å²) in [5, 5.41) is 8.88. The van der Waals surface area contributed by atoms with Crippen LogP contribution in [-0.2, 0) is 11.2 Å². The van der Waals surface area contributed by atoms with Crippen molar-refractivity contribution in [2.75, 3.05) is 0 Å². The van der Waals surface area contributed by atoms with Gasteiger partial charge < -0.3 is 0 Å². The highest BCUT2D eigenvalue weighted by atomic mass is 79.9. The number of nitrogens with zero attached hydrogens (tertiary/aromatic N) is 1. The average molecular weight is 296 g/mol. The highest BCUT2D eigenvalue weighted by Gasteiger charge is 2.33. The third kappa shape index (κ3) is 2.73. The number of ketones is 1. The van der Waals surface area contributed by atoms with Gasteiger partial charge in [-0.3, -0.25) is 4.79 Å². The smallest absolute Gasteiger partial charge is 0.149 e. The first-order chi connectivity index (χ1) is 8.13. The predicted molar refractivity (Wildman–Crippen MR) is 65.3 cm³/mol. The van der Waals surface area contributed by atoms with E-state index in [9.17, 15) is 9.18 Å². The molecule has 17 heavy (non-hydrogen) atoms. The molecule has 0 aliphatic heterocycles. The van der Waals surface area contributed by atoms with Crippen molar-refractivity contribution in [3.8, 4) is 6.07 Å². The molecule has 1 aliphatic rings. The fourth-order valence-corrected chi connectivity index (χ4v) is 2.50. The van der Waals surface area contributed by atoms with Crippen molar-refractivity contribution >= 4 is 21.7 Å². The molecule has 1 fully saturated rings. The Kier molecular flexibility index (Phi) is 3.58. The minimum atomic E-state index is -0.524. The van der Waals surface area contributed by atoms with Crippen LogP contribution in [0.2, 0.25) is 0 Å². The molecule has 1 unspecified atom stereocenters. The number of halogens is 2. The second-order valence-electron chi connectivity index (χ2n) is 4.23. The van der Waals surface area contributed by atoms with Crippen LogP contribution in [0.5, 0.6) is 0 Å². The summed E-state index contributed by atoms with van der Waals surface area (Å²) in [7, 11) is 0. The van der Waals surface area contributed by atoms with E-state index in [0.29, 0.717) is 12.0 Å². The Labute approximate surface area is 108 Å². The lowest BCUT2D eigenvalue weighted by Gasteiger charge is -2.09. The molecule has 88 valence electrons. The molecule has 4 heteroatoms. The van der Waals surface area contributed by atoms with E-state index in [1.54, 1.807) is 12.1 Å². The van der Waals surface area contributed by atoms with E-state index in [1.807, 2.05) is 6.07 Å². The van der Waals surface area contributed by atoms with Crippen LogP contribution in [0.25, 0.3) is 0 Å². The molecule has 0 amide bonds. The SMILES string of the molecule is N#Cc1c(F)cccc1CC(Br)C(=O)C1CC1. The molecule has 0 saturated heterocycles. The molecule has 0 aromatic heterocycles. The monoisotopic (exact) mass is 295 g/mol. The molecular formula is C13H11BrFNO. The Morgan fingerprint density at radius 3 is 2.88 bits per heavy atom. The van der Waals surface area contributed by atoms with Crippen LogP contribution in [0.4, 0.5) is 4.39 Å². The van der Waals surface area contributed by atoms with Gasteiger partial charge in [-0.1, -0.05) is 28.1 Å². The molecule has 0 heterocycles. The van der Waals surface area contributed by atoms with Crippen molar-refractivity contribution in [3.05, 3.63) is 35.1 Å². The number of nitriles is 1. The van der Waals surface area contributed by atoms with E-state index < -0.39 is 5.82 Å². The van der Waals surface area contributed by atoms with Gasteiger partial charge in [-0.2, -0.15) is 5.26 Å². The number of Topliss-reactive ketones (excluding diaryl/α,β-unsaturated/α-hetero) is 1. The first-order valence-electron chi connectivity index (χ1n) is 5.48. The zero-order valence-corrected chi connectivity index (χ0v) is 10.7. The summed E-state index contributed by atoms with van der Waals surface area (Å²) in [6, 6.07) is 6.36. The Morgan fingerprint density at radius 2 is 2.29 bits per heavy atom. The van der Waals surface area contributed by atoms with E-state index in [2.05, 4.69) is 15.9 Å². The van der Waals surface area contributed by atoms with E-state index >= 15 is 0 Å². The zero-order valence-electron chi connectivity index (χ0n) is 9.12. The van der Waals surface area contributed by atoms with Crippen molar-refractivity contribution in [2.24, 2.45) is 5.92 Å². The van der Waals surface area contributed by atoms with Crippen LogP contribution in [0.3, 0.4) is 0 Å². The quantitative estimate of drug-likeness (QED) is 0.801. The largest absolute Gasteiger partial charge is 0.298 e. The standard InChI is InChI=1S/C13H11BrFNO/c14-11(13(17)8-4-5-8)6-9-2-1-3-12(15)10(9)7-16/h1-3,8,11H,4-6H2.